The highest BCUT2D eigenvalue weighted by molar-refractivity contribution is 5.91. The third-order valence-electron chi connectivity index (χ3n) is 7.22. The van der Waals surface area contributed by atoms with E-state index < -0.39 is 0 Å². The first-order valence-corrected chi connectivity index (χ1v) is 15.1. The maximum Gasteiger partial charge on any atom is 0.0337 e. The number of para-hydroxylation sites is 1. The summed E-state index contributed by atoms with van der Waals surface area (Å²) in [5.74, 6) is 0. The third-order valence-corrected chi connectivity index (χ3v) is 7.22. The smallest absolute Gasteiger partial charge is 0.0337 e. The molecule has 5 rings (SSSR count). The van der Waals surface area contributed by atoms with Crippen LogP contribution in [-0.2, 0) is 5.41 Å². The highest BCUT2D eigenvalue weighted by atomic mass is 14.8. The lowest BCUT2D eigenvalue weighted by atomic mass is 9.59. The average molecular weight is 548 g/mol. The highest BCUT2D eigenvalue weighted by Crippen LogP contribution is 2.50. The monoisotopic (exact) mass is 547 g/mol. The van der Waals surface area contributed by atoms with Crippen LogP contribution in [0, 0.1) is 10.8 Å². The summed E-state index contributed by atoms with van der Waals surface area (Å²) in [4.78, 5) is 0. The molecule has 0 heterocycles. The predicted molar refractivity (Wildman–Crippen MR) is 186 cm³/mol. The van der Waals surface area contributed by atoms with Gasteiger partial charge in [0.25, 0.3) is 0 Å². The topological polar surface area (TPSA) is 12.0 Å². The highest BCUT2D eigenvalue weighted by Gasteiger charge is 2.42. The summed E-state index contributed by atoms with van der Waals surface area (Å²) in [7, 11) is 1.91. The van der Waals surface area contributed by atoms with Gasteiger partial charge in [-0.05, 0) is 55.6 Å². The zero-order chi connectivity index (χ0) is 30.7. The molecule has 0 aliphatic rings. The van der Waals surface area contributed by atoms with Crippen LogP contribution in [0.5, 0.6) is 0 Å². The predicted octanol–water partition coefficient (Wildman–Crippen LogP) is 12.2. The number of hydrogen-bond acceptors (Lipinski definition) is 1. The largest absolute Gasteiger partial charge is 0.388 e. The number of fused-ring (bicyclic) bond motifs is 2. The Morgan fingerprint density at radius 3 is 1.12 bits per heavy atom. The molecular formula is C40H53N. The summed E-state index contributed by atoms with van der Waals surface area (Å²) < 4.78 is 0. The van der Waals surface area contributed by atoms with Crippen molar-refractivity contribution in [3.8, 4) is 0 Å². The van der Waals surface area contributed by atoms with E-state index in [4.69, 9.17) is 0 Å². The lowest BCUT2D eigenvalue weighted by Gasteiger charge is -2.44. The van der Waals surface area contributed by atoms with Crippen LogP contribution in [0.25, 0.3) is 21.5 Å². The zero-order valence-electron chi connectivity index (χ0n) is 27.5. The van der Waals surface area contributed by atoms with E-state index in [1.165, 1.54) is 32.7 Å². The molecule has 1 heteroatoms. The van der Waals surface area contributed by atoms with E-state index >= 15 is 0 Å². The summed E-state index contributed by atoms with van der Waals surface area (Å²) in [6.07, 6.45) is 0. The zero-order valence-corrected chi connectivity index (χ0v) is 27.5. The second kappa shape index (κ2) is 14.9. The standard InChI is InChI=1S/C26H26.C7H9N.C5H12.C2H6/c1-25(2,3)26(4,23-17-9-13-19-11-5-7-15-21(19)23)24-18-10-14-20-12-6-8-16-22(20)24;1-8-7-5-3-2-4-6-7;1-5(2,3)4;1-2/h5-18H,1-4H3;2-6,8H,1H3;1-4H3;1-2H3. The van der Waals surface area contributed by atoms with Crippen LogP contribution in [0.1, 0.15) is 80.4 Å². The van der Waals surface area contributed by atoms with Gasteiger partial charge in [0.15, 0.2) is 0 Å². The van der Waals surface area contributed by atoms with Crippen molar-refractivity contribution in [2.24, 2.45) is 10.8 Å². The van der Waals surface area contributed by atoms with Gasteiger partial charge in [0.2, 0.25) is 0 Å². The molecule has 0 aromatic heterocycles. The molecule has 0 fully saturated rings. The molecule has 0 atom stereocenters. The van der Waals surface area contributed by atoms with Crippen LogP contribution < -0.4 is 5.32 Å². The molecule has 0 aliphatic carbocycles. The second-order valence-corrected chi connectivity index (χ2v) is 13.0. The normalized spacial score (nSPS) is 11.3. The first-order valence-electron chi connectivity index (χ1n) is 15.1. The lowest BCUT2D eigenvalue weighted by molar-refractivity contribution is 0.253. The molecule has 0 saturated heterocycles. The summed E-state index contributed by atoms with van der Waals surface area (Å²) in [6, 6.07) is 41.0. The van der Waals surface area contributed by atoms with Crippen molar-refractivity contribution in [3.05, 3.63) is 126 Å². The third kappa shape index (κ3) is 8.95. The van der Waals surface area contributed by atoms with E-state index in [2.05, 4.69) is 146 Å². The van der Waals surface area contributed by atoms with Crippen LogP contribution in [-0.4, -0.2) is 7.05 Å². The van der Waals surface area contributed by atoms with Gasteiger partial charge in [-0.2, -0.15) is 0 Å². The first kappa shape index (κ1) is 33.6. The van der Waals surface area contributed by atoms with Gasteiger partial charge in [0, 0.05) is 18.2 Å². The van der Waals surface area contributed by atoms with Gasteiger partial charge in [-0.3, -0.25) is 0 Å². The van der Waals surface area contributed by atoms with Crippen molar-refractivity contribution in [2.75, 3.05) is 12.4 Å². The van der Waals surface area contributed by atoms with Crippen LogP contribution >= 0.6 is 0 Å². The van der Waals surface area contributed by atoms with Crippen molar-refractivity contribution in [1.29, 1.82) is 0 Å². The lowest BCUT2D eigenvalue weighted by Crippen LogP contribution is -2.38. The molecule has 0 radical (unpaired) electrons. The van der Waals surface area contributed by atoms with Crippen molar-refractivity contribution in [1.82, 2.24) is 0 Å². The van der Waals surface area contributed by atoms with E-state index in [0.29, 0.717) is 5.41 Å². The van der Waals surface area contributed by atoms with E-state index in [-0.39, 0.29) is 10.8 Å². The number of hydrogen-bond donors (Lipinski definition) is 1. The number of benzene rings is 5. The molecule has 5 aromatic carbocycles. The first-order chi connectivity index (χ1) is 19.4. The van der Waals surface area contributed by atoms with Gasteiger partial charge >= 0.3 is 0 Å². The van der Waals surface area contributed by atoms with Crippen molar-refractivity contribution < 1.29 is 0 Å². The Morgan fingerprint density at radius 2 is 0.780 bits per heavy atom. The maximum atomic E-state index is 3.03. The fourth-order valence-corrected chi connectivity index (χ4v) is 4.88. The van der Waals surface area contributed by atoms with E-state index in [0.717, 1.165) is 5.69 Å². The van der Waals surface area contributed by atoms with Gasteiger partial charge in [-0.1, -0.05) is 172 Å². The molecule has 0 amide bonds. The summed E-state index contributed by atoms with van der Waals surface area (Å²) in [6.45, 7) is 22.2. The van der Waals surface area contributed by atoms with Crippen molar-refractivity contribution in [2.45, 2.75) is 74.7 Å². The second-order valence-electron chi connectivity index (χ2n) is 13.0. The molecule has 218 valence electrons. The number of rotatable bonds is 3. The molecule has 5 aromatic rings. The fourth-order valence-electron chi connectivity index (χ4n) is 4.88. The Hall–Kier alpha value is -3.58. The van der Waals surface area contributed by atoms with Crippen LogP contribution in [0.4, 0.5) is 5.69 Å². The Kier molecular flexibility index (Phi) is 12.2. The molecule has 0 saturated carbocycles. The van der Waals surface area contributed by atoms with Gasteiger partial charge in [-0.15, -0.1) is 0 Å². The minimum absolute atomic E-state index is 0.0568. The molecular weight excluding hydrogens is 494 g/mol. The van der Waals surface area contributed by atoms with E-state index in [1.54, 1.807) is 0 Å². The van der Waals surface area contributed by atoms with Crippen molar-refractivity contribution >= 4 is 27.2 Å². The Bertz CT molecular complexity index is 1370. The van der Waals surface area contributed by atoms with Gasteiger partial charge < -0.3 is 5.32 Å². The van der Waals surface area contributed by atoms with Gasteiger partial charge in [-0.25, -0.2) is 0 Å². The van der Waals surface area contributed by atoms with Crippen LogP contribution in [0.3, 0.4) is 0 Å². The molecule has 1 nitrogen and oxygen atoms in total. The molecule has 0 spiro atoms. The molecule has 1 N–H and O–H groups in total. The number of nitrogens with one attached hydrogen (secondary N) is 1. The average Bonchev–Trinajstić information content (AvgIpc) is 2.96. The maximum absolute atomic E-state index is 3.03. The Balaban J connectivity index is 0.000000324. The van der Waals surface area contributed by atoms with Crippen LogP contribution in [0.2, 0.25) is 0 Å². The fraction of sp³-hybridized carbons (Fsp3) is 0.350. The van der Waals surface area contributed by atoms with Gasteiger partial charge in [0.05, 0.1) is 0 Å². The molecule has 0 bridgehead atoms. The molecule has 0 aliphatic heterocycles. The van der Waals surface area contributed by atoms with Gasteiger partial charge in [0.1, 0.15) is 0 Å². The van der Waals surface area contributed by atoms with E-state index in [1.807, 2.05) is 51.2 Å². The summed E-state index contributed by atoms with van der Waals surface area (Å²) >= 11 is 0. The number of anilines is 1. The minimum Gasteiger partial charge on any atom is -0.388 e. The Labute approximate surface area is 251 Å². The summed E-state index contributed by atoms with van der Waals surface area (Å²) in [5.41, 5.74) is 4.40. The molecule has 41 heavy (non-hydrogen) atoms. The van der Waals surface area contributed by atoms with Crippen molar-refractivity contribution in [3.63, 3.8) is 0 Å². The quantitative estimate of drug-likeness (QED) is 0.237. The van der Waals surface area contributed by atoms with E-state index in [9.17, 15) is 0 Å². The summed E-state index contributed by atoms with van der Waals surface area (Å²) in [5, 5.41) is 8.33. The SMILES string of the molecule is CC.CC(C)(C)C.CC(C)(C)C(C)(c1cccc2ccccc12)c1cccc2ccccc12.CNc1ccccc1. The Morgan fingerprint density at radius 1 is 0.439 bits per heavy atom. The molecule has 0 unspecified atom stereocenters. The minimum atomic E-state index is -0.116. The van der Waals surface area contributed by atoms with Crippen LogP contribution in [0.15, 0.2) is 115 Å².